The first-order valence-corrected chi connectivity index (χ1v) is 6.19. The number of aromatic nitrogens is 1. The van der Waals surface area contributed by atoms with Crippen molar-refractivity contribution < 1.29 is 4.21 Å². The van der Waals surface area contributed by atoms with Crippen molar-refractivity contribution in [3.05, 3.63) is 24.0 Å². The topological polar surface area (TPSA) is 42.3 Å². The summed E-state index contributed by atoms with van der Waals surface area (Å²) in [6.45, 7) is 1.89. The Balaban J connectivity index is 2.43. The predicted molar refractivity (Wildman–Crippen MR) is 53.6 cm³/mol. The Labute approximate surface area is 78.4 Å². The van der Waals surface area contributed by atoms with Gasteiger partial charge in [0.1, 0.15) is 0 Å². The van der Waals surface area contributed by atoms with Crippen molar-refractivity contribution in [2.24, 2.45) is 4.36 Å². The highest BCUT2D eigenvalue weighted by atomic mass is 32.2. The molecular weight excluding hydrogens is 184 g/mol. The van der Waals surface area contributed by atoms with Crippen LogP contribution >= 0.6 is 0 Å². The van der Waals surface area contributed by atoms with Crippen LogP contribution in [0.4, 0.5) is 5.69 Å². The van der Waals surface area contributed by atoms with Gasteiger partial charge in [0.2, 0.25) is 0 Å². The molecule has 1 aliphatic rings. The van der Waals surface area contributed by atoms with Gasteiger partial charge in [-0.05, 0) is 25.5 Å². The lowest BCUT2D eigenvalue weighted by Gasteiger charge is -2.17. The molecule has 1 saturated heterocycles. The standard InChI is InChI=1S/C9H12N2OS/c1-8-9(4-2-5-10-8)11-13(12)6-3-7-13/h2,4-5H,3,6-7H2,1H3. The van der Waals surface area contributed by atoms with Crippen molar-refractivity contribution in [1.82, 2.24) is 4.98 Å². The van der Waals surface area contributed by atoms with Gasteiger partial charge in [0.15, 0.2) is 0 Å². The van der Waals surface area contributed by atoms with E-state index in [0.29, 0.717) is 0 Å². The van der Waals surface area contributed by atoms with Crippen LogP contribution in [0.2, 0.25) is 0 Å². The molecule has 1 aliphatic heterocycles. The van der Waals surface area contributed by atoms with Gasteiger partial charge < -0.3 is 0 Å². The van der Waals surface area contributed by atoms with Crippen molar-refractivity contribution in [1.29, 1.82) is 0 Å². The largest absolute Gasteiger partial charge is 0.259 e. The van der Waals surface area contributed by atoms with Crippen LogP contribution < -0.4 is 0 Å². The molecule has 0 aromatic carbocycles. The van der Waals surface area contributed by atoms with Crippen LogP contribution in [-0.4, -0.2) is 20.7 Å². The molecule has 4 heteroatoms. The van der Waals surface area contributed by atoms with E-state index in [-0.39, 0.29) is 0 Å². The SMILES string of the molecule is Cc1ncccc1N=S1(=O)CCC1. The zero-order chi connectivity index (χ0) is 9.31. The van der Waals surface area contributed by atoms with Crippen molar-refractivity contribution in [3.8, 4) is 0 Å². The third-order valence-electron chi connectivity index (χ3n) is 2.17. The number of aryl methyl sites for hydroxylation is 1. The Hall–Kier alpha value is -0.900. The summed E-state index contributed by atoms with van der Waals surface area (Å²) in [4.78, 5) is 4.10. The van der Waals surface area contributed by atoms with Crippen LogP contribution in [0, 0.1) is 6.92 Å². The maximum Gasteiger partial charge on any atom is 0.0942 e. The van der Waals surface area contributed by atoms with E-state index in [4.69, 9.17) is 0 Å². The Bertz CT molecular complexity index is 423. The van der Waals surface area contributed by atoms with Crippen LogP contribution in [0.25, 0.3) is 0 Å². The van der Waals surface area contributed by atoms with Gasteiger partial charge in [0, 0.05) is 17.7 Å². The second-order valence-corrected chi connectivity index (χ2v) is 5.78. The van der Waals surface area contributed by atoms with Crippen molar-refractivity contribution in [2.45, 2.75) is 13.3 Å². The molecule has 1 aromatic rings. The first-order valence-electron chi connectivity index (χ1n) is 4.34. The van der Waals surface area contributed by atoms with Crippen molar-refractivity contribution in [3.63, 3.8) is 0 Å². The van der Waals surface area contributed by atoms with Crippen LogP contribution in [0.5, 0.6) is 0 Å². The molecule has 2 rings (SSSR count). The van der Waals surface area contributed by atoms with Crippen LogP contribution in [0.1, 0.15) is 12.1 Å². The minimum atomic E-state index is -1.88. The van der Waals surface area contributed by atoms with E-state index >= 15 is 0 Å². The summed E-state index contributed by atoms with van der Waals surface area (Å²) >= 11 is 0. The summed E-state index contributed by atoms with van der Waals surface area (Å²) < 4.78 is 16.0. The minimum Gasteiger partial charge on any atom is -0.259 e. The van der Waals surface area contributed by atoms with Crippen LogP contribution in [-0.2, 0) is 9.73 Å². The van der Waals surface area contributed by atoms with E-state index in [1.807, 2.05) is 19.1 Å². The quantitative estimate of drug-likeness (QED) is 0.688. The molecule has 0 radical (unpaired) electrons. The summed E-state index contributed by atoms with van der Waals surface area (Å²) in [6.07, 6.45) is 2.77. The Morgan fingerprint density at radius 1 is 1.54 bits per heavy atom. The fourth-order valence-electron chi connectivity index (χ4n) is 1.23. The van der Waals surface area contributed by atoms with Gasteiger partial charge in [0.05, 0.1) is 21.1 Å². The number of nitrogens with zero attached hydrogens (tertiary/aromatic N) is 2. The van der Waals surface area contributed by atoms with E-state index in [9.17, 15) is 4.21 Å². The summed E-state index contributed by atoms with van der Waals surface area (Å²) in [5.74, 6) is 1.50. The molecular formula is C9H12N2OS. The van der Waals surface area contributed by atoms with Crippen LogP contribution in [0.15, 0.2) is 22.7 Å². The Kier molecular flexibility index (Phi) is 2.07. The average Bonchev–Trinajstić information content (AvgIpc) is 2.06. The highest BCUT2D eigenvalue weighted by Gasteiger charge is 2.19. The molecule has 1 aromatic heterocycles. The lowest BCUT2D eigenvalue weighted by atomic mass is 10.3. The van der Waals surface area contributed by atoms with E-state index in [1.165, 1.54) is 0 Å². The Morgan fingerprint density at radius 3 is 2.85 bits per heavy atom. The zero-order valence-electron chi connectivity index (χ0n) is 7.56. The molecule has 0 N–H and O–H groups in total. The van der Waals surface area contributed by atoms with Gasteiger partial charge in [-0.2, -0.15) is 4.36 Å². The van der Waals surface area contributed by atoms with E-state index in [0.717, 1.165) is 29.3 Å². The first-order chi connectivity index (χ1) is 6.20. The predicted octanol–water partition coefficient (Wildman–Crippen LogP) is 1.89. The highest BCUT2D eigenvalue weighted by Crippen LogP contribution is 2.22. The van der Waals surface area contributed by atoms with E-state index in [2.05, 4.69) is 9.35 Å². The lowest BCUT2D eigenvalue weighted by Crippen LogP contribution is -2.23. The molecule has 0 spiro atoms. The van der Waals surface area contributed by atoms with Gasteiger partial charge in [-0.15, -0.1) is 0 Å². The summed E-state index contributed by atoms with van der Waals surface area (Å²) in [6, 6.07) is 3.70. The van der Waals surface area contributed by atoms with E-state index in [1.54, 1.807) is 6.20 Å². The van der Waals surface area contributed by atoms with Crippen molar-refractivity contribution in [2.75, 3.05) is 11.5 Å². The highest BCUT2D eigenvalue weighted by molar-refractivity contribution is 7.95. The second-order valence-electron chi connectivity index (χ2n) is 3.23. The van der Waals surface area contributed by atoms with Gasteiger partial charge in [-0.25, -0.2) is 4.21 Å². The normalized spacial score (nSPS) is 19.2. The molecule has 0 saturated carbocycles. The van der Waals surface area contributed by atoms with Gasteiger partial charge >= 0.3 is 0 Å². The monoisotopic (exact) mass is 196 g/mol. The fraction of sp³-hybridized carbons (Fsp3) is 0.444. The summed E-state index contributed by atoms with van der Waals surface area (Å²) in [7, 11) is -1.88. The number of hydrogen-bond donors (Lipinski definition) is 0. The number of pyridine rings is 1. The average molecular weight is 196 g/mol. The van der Waals surface area contributed by atoms with Gasteiger partial charge in [-0.1, -0.05) is 0 Å². The maximum absolute atomic E-state index is 11.8. The second kappa shape index (κ2) is 3.10. The van der Waals surface area contributed by atoms with Crippen molar-refractivity contribution >= 4 is 15.4 Å². The molecule has 0 amide bonds. The third-order valence-corrected chi connectivity index (χ3v) is 4.55. The maximum atomic E-state index is 11.8. The minimum absolute atomic E-state index is 0.751. The van der Waals surface area contributed by atoms with Crippen LogP contribution in [0.3, 0.4) is 0 Å². The molecule has 0 unspecified atom stereocenters. The van der Waals surface area contributed by atoms with Gasteiger partial charge in [-0.3, -0.25) is 4.98 Å². The fourth-order valence-corrected chi connectivity index (χ4v) is 2.75. The zero-order valence-corrected chi connectivity index (χ0v) is 8.38. The molecule has 0 atom stereocenters. The first kappa shape index (κ1) is 8.69. The smallest absolute Gasteiger partial charge is 0.0942 e. The summed E-state index contributed by atoms with van der Waals surface area (Å²) in [5, 5.41) is 0. The molecule has 2 heterocycles. The molecule has 70 valence electrons. The lowest BCUT2D eigenvalue weighted by molar-refractivity contribution is 0.663. The third kappa shape index (κ3) is 1.72. The van der Waals surface area contributed by atoms with Gasteiger partial charge in [0.25, 0.3) is 0 Å². The van der Waals surface area contributed by atoms with E-state index < -0.39 is 9.73 Å². The molecule has 13 heavy (non-hydrogen) atoms. The number of hydrogen-bond acceptors (Lipinski definition) is 3. The molecule has 1 fully saturated rings. The molecule has 0 aliphatic carbocycles. The molecule has 3 nitrogen and oxygen atoms in total. The molecule has 0 bridgehead atoms. The summed E-state index contributed by atoms with van der Waals surface area (Å²) in [5.41, 5.74) is 1.64. The Morgan fingerprint density at radius 2 is 2.31 bits per heavy atom. The number of rotatable bonds is 1.